The third-order valence-corrected chi connectivity index (χ3v) is 4.55. The SMILES string of the molecule is O=C1COc2cc(Nc3cc4c(cn3)ncn4CC3CC3)ccc2N1. The molecule has 1 aliphatic carbocycles. The van der Waals surface area contributed by atoms with Crippen molar-refractivity contribution in [2.45, 2.75) is 19.4 Å². The summed E-state index contributed by atoms with van der Waals surface area (Å²) in [5.74, 6) is 2.06. The van der Waals surface area contributed by atoms with Gasteiger partial charge >= 0.3 is 0 Å². The summed E-state index contributed by atoms with van der Waals surface area (Å²) < 4.78 is 7.65. The van der Waals surface area contributed by atoms with E-state index in [2.05, 4.69) is 25.2 Å². The number of nitrogens with one attached hydrogen (secondary N) is 2. The van der Waals surface area contributed by atoms with Crippen molar-refractivity contribution in [2.75, 3.05) is 17.2 Å². The molecule has 0 radical (unpaired) electrons. The van der Waals surface area contributed by atoms with E-state index in [0.717, 1.165) is 35.0 Å². The summed E-state index contributed by atoms with van der Waals surface area (Å²) in [5.41, 5.74) is 3.54. The van der Waals surface area contributed by atoms with Gasteiger partial charge in [0, 0.05) is 24.4 Å². The molecule has 7 heteroatoms. The van der Waals surface area contributed by atoms with Crippen molar-refractivity contribution in [3.8, 4) is 5.75 Å². The highest BCUT2D eigenvalue weighted by Crippen LogP contribution is 2.33. The van der Waals surface area contributed by atoms with E-state index in [9.17, 15) is 4.79 Å². The van der Waals surface area contributed by atoms with Crippen molar-refractivity contribution in [1.82, 2.24) is 14.5 Å². The van der Waals surface area contributed by atoms with Gasteiger partial charge in [-0.3, -0.25) is 4.79 Å². The lowest BCUT2D eigenvalue weighted by molar-refractivity contribution is -0.118. The Morgan fingerprint density at radius 2 is 2.20 bits per heavy atom. The first kappa shape index (κ1) is 14.3. The Balaban J connectivity index is 1.42. The van der Waals surface area contributed by atoms with E-state index in [-0.39, 0.29) is 12.5 Å². The molecule has 1 fully saturated rings. The molecule has 2 aliphatic rings. The Kier molecular flexibility index (Phi) is 3.12. The summed E-state index contributed by atoms with van der Waals surface area (Å²) in [7, 11) is 0. The molecule has 126 valence electrons. The number of carbonyl (C=O) groups excluding carboxylic acids is 1. The number of rotatable bonds is 4. The molecule has 1 aliphatic heterocycles. The van der Waals surface area contributed by atoms with Crippen LogP contribution >= 0.6 is 0 Å². The first-order chi connectivity index (χ1) is 12.2. The van der Waals surface area contributed by atoms with Crippen LogP contribution in [0.4, 0.5) is 17.2 Å². The number of carbonyl (C=O) groups is 1. The van der Waals surface area contributed by atoms with Crippen molar-refractivity contribution >= 4 is 34.1 Å². The fraction of sp³-hybridized carbons (Fsp3) is 0.278. The van der Waals surface area contributed by atoms with Crippen molar-refractivity contribution in [2.24, 2.45) is 5.92 Å². The summed E-state index contributed by atoms with van der Waals surface area (Å²) in [5, 5.41) is 6.08. The number of imidazole rings is 1. The van der Waals surface area contributed by atoms with Gasteiger partial charge in [-0.1, -0.05) is 0 Å². The van der Waals surface area contributed by atoms with E-state index in [0.29, 0.717) is 11.4 Å². The van der Waals surface area contributed by atoms with Gasteiger partial charge in [0.05, 0.1) is 23.7 Å². The predicted octanol–water partition coefficient (Wildman–Crippen LogP) is 2.92. The van der Waals surface area contributed by atoms with Crippen LogP contribution in [0.5, 0.6) is 5.75 Å². The fourth-order valence-corrected chi connectivity index (χ4v) is 3.05. The van der Waals surface area contributed by atoms with Crippen LogP contribution < -0.4 is 15.4 Å². The van der Waals surface area contributed by atoms with Crippen molar-refractivity contribution < 1.29 is 9.53 Å². The van der Waals surface area contributed by atoms with Gasteiger partial charge in [0.1, 0.15) is 17.1 Å². The lowest BCUT2D eigenvalue weighted by atomic mass is 10.2. The number of nitrogens with zero attached hydrogens (tertiary/aromatic N) is 3. The molecule has 25 heavy (non-hydrogen) atoms. The molecule has 3 heterocycles. The lowest BCUT2D eigenvalue weighted by Crippen LogP contribution is -2.25. The number of hydrogen-bond acceptors (Lipinski definition) is 5. The Labute approximate surface area is 144 Å². The number of benzene rings is 1. The second-order valence-corrected chi connectivity index (χ2v) is 6.57. The average Bonchev–Trinajstić information content (AvgIpc) is 3.35. The van der Waals surface area contributed by atoms with Crippen molar-refractivity contribution in [3.05, 3.63) is 36.8 Å². The largest absolute Gasteiger partial charge is 0.482 e. The Morgan fingerprint density at radius 3 is 3.08 bits per heavy atom. The number of pyridine rings is 1. The summed E-state index contributed by atoms with van der Waals surface area (Å²) in [6.45, 7) is 1.06. The minimum Gasteiger partial charge on any atom is -0.482 e. The fourth-order valence-electron chi connectivity index (χ4n) is 3.05. The first-order valence-electron chi connectivity index (χ1n) is 8.39. The van der Waals surface area contributed by atoms with Gasteiger partial charge in [0.2, 0.25) is 0 Å². The minimum atomic E-state index is -0.135. The monoisotopic (exact) mass is 335 g/mol. The van der Waals surface area contributed by atoms with E-state index in [1.165, 1.54) is 12.8 Å². The van der Waals surface area contributed by atoms with E-state index in [1.807, 2.05) is 30.6 Å². The van der Waals surface area contributed by atoms with Gasteiger partial charge in [0.25, 0.3) is 5.91 Å². The van der Waals surface area contributed by atoms with E-state index >= 15 is 0 Å². The zero-order valence-corrected chi connectivity index (χ0v) is 13.5. The molecule has 0 spiro atoms. The molecular formula is C18H17N5O2. The highest BCUT2D eigenvalue weighted by molar-refractivity contribution is 5.95. The molecule has 1 saturated carbocycles. The summed E-state index contributed by atoms with van der Waals surface area (Å²) in [6, 6.07) is 7.60. The highest BCUT2D eigenvalue weighted by Gasteiger charge is 2.22. The standard InChI is InChI=1S/C18H17N5O2/c24-18-9-25-16-5-12(3-4-13(16)22-18)21-17-6-15-14(7-19-17)20-10-23(15)8-11-1-2-11/h3-7,10-11H,1-2,8-9H2,(H,19,21)(H,22,24). The van der Waals surface area contributed by atoms with E-state index < -0.39 is 0 Å². The van der Waals surface area contributed by atoms with Gasteiger partial charge < -0.3 is 19.9 Å². The van der Waals surface area contributed by atoms with Gasteiger partial charge in [-0.05, 0) is 30.9 Å². The molecule has 0 bridgehead atoms. The van der Waals surface area contributed by atoms with Crippen LogP contribution in [0, 0.1) is 5.92 Å². The Morgan fingerprint density at radius 1 is 1.28 bits per heavy atom. The van der Waals surface area contributed by atoms with Gasteiger partial charge in [-0.2, -0.15) is 0 Å². The number of anilines is 3. The topological polar surface area (TPSA) is 81.1 Å². The molecule has 2 aromatic heterocycles. The molecule has 0 saturated heterocycles. The van der Waals surface area contributed by atoms with Crippen LogP contribution in [0.15, 0.2) is 36.8 Å². The third kappa shape index (κ3) is 2.77. The second-order valence-electron chi connectivity index (χ2n) is 6.57. The summed E-state index contributed by atoms with van der Waals surface area (Å²) in [4.78, 5) is 20.2. The smallest absolute Gasteiger partial charge is 0.262 e. The zero-order chi connectivity index (χ0) is 16.8. The number of aromatic nitrogens is 3. The first-order valence-corrected chi connectivity index (χ1v) is 8.39. The number of ether oxygens (including phenoxy) is 1. The Hall–Kier alpha value is -3.09. The maximum absolute atomic E-state index is 11.3. The average molecular weight is 335 g/mol. The molecule has 5 rings (SSSR count). The van der Waals surface area contributed by atoms with E-state index in [1.54, 1.807) is 6.20 Å². The maximum Gasteiger partial charge on any atom is 0.262 e. The normalized spacial score (nSPS) is 16.2. The number of amides is 1. The summed E-state index contributed by atoms with van der Waals surface area (Å²) in [6.07, 6.45) is 6.29. The lowest BCUT2D eigenvalue weighted by Gasteiger charge is -2.18. The molecule has 1 amide bonds. The second kappa shape index (κ2) is 5.47. The van der Waals surface area contributed by atoms with Crippen molar-refractivity contribution in [3.63, 3.8) is 0 Å². The van der Waals surface area contributed by atoms with Crippen LogP contribution in [-0.2, 0) is 11.3 Å². The highest BCUT2D eigenvalue weighted by atomic mass is 16.5. The molecule has 0 atom stereocenters. The number of hydrogen-bond donors (Lipinski definition) is 2. The van der Waals surface area contributed by atoms with Crippen LogP contribution in [-0.4, -0.2) is 27.0 Å². The molecule has 1 aromatic carbocycles. The number of fused-ring (bicyclic) bond motifs is 2. The minimum absolute atomic E-state index is 0.0427. The van der Waals surface area contributed by atoms with Crippen LogP contribution in [0.25, 0.3) is 11.0 Å². The molecule has 7 nitrogen and oxygen atoms in total. The van der Waals surface area contributed by atoms with Gasteiger partial charge in [0.15, 0.2) is 6.61 Å². The van der Waals surface area contributed by atoms with Crippen LogP contribution in [0.3, 0.4) is 0 Å². The molecule has 0 unspecified atom stereocenters. The quantitative estimate of drug-likeness (QED) is 0.766. The molecule has 3 aromatic rings. The van der Waals surface area contributed by atoms with Gasteiger partial charge in [-0.25, -0.2) is 9.97 Å². The Bertz CT molecular complexity index is 977. The third-order valence-electron chi connectivity index (χ3n) is 4.55. The van der Waals surface area contributed by atoms with Crippen molar-refractivity contribution in [1.29, 1.82) is 0 Å². The molecular weight excluding hydrogens is 318 g/mol. The maximum atomic E-state index is 11.3. The van der Waals surface area contributed by atoms with Crippen LogP contribution in [0.2, 0.25) is 0 Å². The van der Waals surface area contributed by atoms with Crippen LogP contribution in [0.1, 0.15) is 12.8 Å². The van der Waals surface area contributed by atoms with E-state index in [4.69, 9.17) is 4.74 Å². The predicted molar refractivity (Wildman–Crippen MR) is 94.1 cm³/mol. The zero-order valence-electron chi connectivity index (χ0n) is 13.5. The summed E-state index contributed by atoms with van der Waals surface area (Å²) >= 11 is 0. The molecule has 2 N–H and O–H groups in total. The van der Waals surface area contributed by atoms with Gasteiger partial charge in [-0.15, -0.1) is 0 Å².